The van der Waals surface area contributed by atoms with E-state index in [0.717, 1.165) is 30.8 Å². The van der Waals surface area contributed by atoms with Crippen molar-refractivity contribution in [3.8, 4) is 0 Å². The van der Waals surface area contributed by atoms with Crippen molar-refractivity contribution in [2.24, 2.45) is 0 Å². The average molecular weight is 362 g/mol. The van der Waals surface area contributed by atoms with Crippen LogP contribution in [0.5, 0.6) is 0 Å². The average Bonchev–Trinajstić information content (AvgIpc) is 2.58. The number of likely N-dealkylation sites (tertiary alicyclic amines) is 1. The molecule has 0 bridgehead atoms. The van der Waals surface area contributed by atoms with Gasteiger partial charge in [0.25, 0.3) is 0 Å². The van der Waals surface area contributed by atoms with Crippen LogP contribution >= 0.6 is 0 Å². The molecule has 5 nitrogen and oxygen atoms in total. The smallest absolute Gasteiger partial charge is 0.416 e. The van der Waals surface area contributed by atoms with Gasteiger partial charge < -0.3 is 4.74 Å². The van der Waals surface area contributed by atoms with E-state index >= 15 is 0 Å². The van der Waals surface area contributed by atoms with Crippen LogP contribution in [0.15, 0.2) is 18.3 Å². The molecule has 5 heteroatoms. The minimum Gasteiger partial charge on any atom is -0.443 e. The van der Waals surface area contributed by atoms with Gasteiger partial charge in [-0.2, -0.15) is 0 Å². The Hall–Kier alpha value is -1.62. The van der Waals surface area contributed by atoms with Crippen molar-refractivity contribution in [1.82, 2.24) is 9.88 Å². The number of hydrogen-bond donors (Lipinski definition) is 0. The molecule has 1 aliphatic heterocycles. The molecule has 1 saturated heterocycles. The van der Waals surface area contributed by atoms with E-state index in [0.29, 0.717) is 18.6 Å². The monoisotopic (exact) mass is 361 g/mol. The molecule has 0 spiro atoms. The standard InChI is InChI=1S/C21H35N3O2/c1-7-14-24(20(25)26-21(4,5)6)19-17(11-10-13-22-19)18-12-8-9-15-23(18)16(2)3/h10-11,13,16,18H,7-9,12,14-15H2,1-6H3/t18-/m1/s1. The number of carbonyl (C=O) groups excluding carboxylic acids is 1. The third kappa shape index (κ3) is 5.19. The number of carbonyl (C=O) groups is 1. The highest BCUT2D eigenvalue weighted by atomic mass is 16.6. The molecule has 0 radical (unpaired) electrons. The number of anilines is 1. The van der Waals surface area contributed by atoms with Gasteiger partial charge in [-0.25, -0.2) is 9.78 Å². The Morgan fingerprint density at radius 1 is 1.38 bits per heavy atom. The minimum absolute atomic E-state index is 0.300. The molecule has 0 aliphatic carbocycles. The molecule has 1 aliphatic rings. The highest BCUT2D eigenvalue weighted by Crippen LogP contribution is 2.37. The largest absolute Gasteiger partial charge is 0.443 e. The van der Waals surface area contributed by atoms with E-state index in [1.54, 1.807) is 11.1 Å². The summed E-state index contributed by atoms with van der Waals surface area (Å²) in [5, 5.41) is 0. The third-order valence-corrected chi connectivity index (χ3v) is 4.70. The second-order valence-corrected chi connectivity index (χ2v) is 8.39. The number of ether oxygens (including phenoxy) is 1. The molecular weight excluding hydrogens is 326 g/mol. The van der Waals surface area contributed by atoms with Crippen molar-refractivity contribution in [3.63, 3.8) is 0 Å². The number of pyridine rings is 1. The number of rotatable bonds is 5. The maximum atomic E-state index is 12.8. The van der Waals surface area contributed by atoms with Crippen molar-refractivity contribution >= 4 is 11.9 Å². The Labute approximate surface area is 158 Å². The Morgan fingerprint density at radius 3 is 2.73 bits per heavy atom. The predicted molar refractivity (Wildman–Crippen MR) is 107 cm³/mol. The SMILES string of the molecule is CCCN(C(=O)OC(C)(C)C)c1ncccc1[C@H]1CCCCN1C(C)C. The van der Waals surface area contributed by atoms with Crippen LogP contribution in [-0.2, 0) is 4.74 Å². The lowest BCUT2D eigenvalue weighted by molar-refractivity contribution is 0.0577. The van der Waals surface area contributed by atoms with E-state index < -0.39 is 5.60 Å². The molecule has 0 N–H and O–H groups in total. The summed E-state index contributed by atoms with van der Waals surface area (Å²) >= 11 is 0. The molecule has 1 aromatic rings. The minimum atomic E-state index is -0.521. The normalized spacial score (nSPS) is 18.8. The molecule has 0 aromatic carbocycles. The lowest BCUT2D eigenvalue weighted by Gasteiger charge is -2.40. The molecule has 0 saturated carbocycles. The van der Waals surface area contributed by atoms with Crippen molar-refractivity contribution in [2.75, 3.05) is 18.0 Å². The summed E-state index contributed by atoms with van der Waals surface area (Å²) in [4.78, 5) is 21.7. The van der Waals surface area contributed by atoms with Gasteiger partial charge in [-0.05, 0) is 66.5 Å². The van der Waals surface area contributed by atoms with Crippen LogP contribution in [0.25, 0.3) is 0 Å². The fourth-order valence-corrected chi connectivity index (χ4v) is 3.63. The summed E-state index contributed by atoms with van der Waals surface area (Å²) in [5.41, 5.74) is 0.618. The van der Waals surface area contributed by atoms with Gasteiger partial charge in [-0.3, -0.25) is 9.80 Å². The second kappa shape index (κ2) is 8.85. The fraction of sp³-hybridized carbons (Fsp3) is 0.714. The Kier molecular flexibility index (Phi) is 7.04. The summed E-state index contributed by atoms with van der Waals surface area (Å²) in [6.45, 7) is 13.9. The highest BCUT2D eigenvalue weighted by molar-refractivity contribution is 5.87. The zero-order valence-corrected chi connectivity index (χ0v) is 17.3. The summed E-state index contributed by atoms with van der Waals surface area (Å²) in [6.07, 6.45) is 5.86. The van der Waals surface area contributed by atoms with E-state index in [1.807, 2.05) is 26.8 Å². The number of aromatic nitrogens is 1. The van der Waals surface area contributed by atoms with Crippen molar-refractivity contribution in [1.29, 1.82) is 0 Å². The Balaban J connectivity index is 2.39. The molecule has 2 heterocycles. The van der Waals surface area contributed by atoms with Gasteiger partial charge in [0.05, 0.1) is 0 Å². The first-order chi connectivity index (χ1) is 12.2. The van der Waals surface area contributed by atoms with E-state index in [-0.39, 0.29) is 6.09 Å². The molecule has 26 heavy (non-hydrogen) atoms. The van der Waals surface area contributed by atoms with Crippen molar-refractivity contribution in [3.05, 3.63) is 23.9 Å². The van der Waals surface area contributed by atoms with Gasteiger partial charge in [-0.1, -0.05) is 19.4 Å². The van der Waals surface area contributed by atoms with Crippen LogP contribution in [0.1, 0.15) is 78.8 Å². The third-order valence-electron chi connectivity index (χ3n) is 4.70. The van der Waals surface area contributed by atoms with Crippen LogP contribution in [0.3, 0.4) is 0 Å². The van der Waals surface area contributed by atoms with Gasteiger partial charge in [0, 0.05) is 30.4 Å². The maximum absolute atomic E-state index is 12.8. The van der Waals surface area contributed by atoms with Gasteiger partial charge in [0.2, 0.25) is 0 Å². The van der Waals surface area contributed by atoms with Gasteiger partial charge in [-0.15, -0.1) is 0 Å². The predicted octanol–water partition coefficient (Wildman–Crippen LogP) is 5.17. The van der Waals surface area contributed by atoms with E-state index in [2.05, 4.69) is 36.7 Å². The number of hydrogen-bond acceptors (Lipinski definition) is 4. The summed E-state index contributed by atoms with van der Waals surface area (Å²) in [5.74, 6) is 0.751. The highest BCUT2D eigenvalue weighted by Gasteiger charge is 2.32. The van der Waals surface area contributed by atoms with Crippen LogP contribution in [0, 0.1) is 0 Å². The number of nitrogens with zero attached hydrogens (tertiary/aromatic N) is 3. The molecule has 1 aromatic heterocycles. The number of piperidine rings is 1. The Bertz CT molecular complexity index is 595. The zero-order valence-electron chi connectivity index (χ0n) is 17.3. The van der Waals surface area contributed by atoms with Crippen molar-refractivity contribution in [2.45, 2.75) is 84.9 Å². The molecule has 1 atom stereocenters. The summed E-state index contributed by atoms with van der Waals surface area (Å²) in [6, 6.07) is 4.87. The molecule has 146 valence electrons. The molecule has 2 rings (SSSR count). The maximum Gasteiger partial charge on any atom is 0.416 e. The lowest BCUT2D eigenvalue weighted by Crippen LogP contribution is -2.41. The summed E-state index contributed by atoms with van der Waals surface area (Å²) in [7, 11) is 0. The van der Waals surface area contributed by atoms with Gasteiger partial charge in [0.1, 0.15) is 11.4 Å². The molecule has 1 fully saturated rings. The lowest BCUT2D eigenvalue weighted by atomic mass is 9.94. The van der Waals surface area contributed by atoms with Crippen LogP contribution in [0.2, 0.25) is 0 Å². The molecular formula is C21H35N3O2. The Morgan fingerprint density at radius 2 is 2.12 bits per heavy atom. The topological polar surface area (TPSA) is 45.7 Å². The van der Waals surface area contributed by atoms with E-state index in [1.165, 1.54) is 12.8 Å². The molecule has 1 amide bonds. The van der Waals surface area contributed by atoms with Gasteiger partial charge >= 0.3 is 6.09 Å². The van der Waals surface area contributed by atoms with Crippen LogP contribution in [0.4, 0.5) is 10.6 Å². The quantitative estimate of drug-likeness (QED) is 0.726. The first-order valence-electron chi connectivity index (χ1n) is 9.95. The van der Waals surface area contributed by atoms with E-state index in [9.17, 15) is 4.79 Å². The number of amides is 1. The first-order valence-corrected chi connectivity index (χ1v) is 9.95. The van der Waals surface area contributed by atoms with Gasteiger partial charge in [0.15, 0.2) is 0 Å². The van der Waals surface area contributed by atoms with E-state index in [4.69, 9.17) is 4.74 Å². The zero-order chi connectivity index (χ0) is 19.3. The van der Waals surface area contributed by atoms with Crippen molar-refractivity contribution < 1.29 is 9.53 Å². The van der Waals surface area contributed by atoms with Crippen LogP contribution in [-0.4, -0.2) is 40.7 Å². The summed E-state index contributed by atoms with van der Waals surface area (Å²) < 4.78 is 5.66. The second-order valence-electron chi connectivity index (χ2n) is 8.39. The molecule has 0 unspecified atom stereocenters. The first kappa shape index (κ1) is 20.7. The fourth-order valence-electron chi connectivity index (χ4n) is 3.63. The van der Waals surface area contributed by atoms with Crippen LogP contribution < -0.4 is 4.90 Å².